The number of benzene rings is 1. The van der Waals surface area contributed by atoms with Crippen LogP contribution in [0, 0.1) is 10.1 Å². The number of non-ortho nitro benzene ring substituents is 1. The average molecular weight is 404 g/mol. The molecule has 0 aliphatic carbocycles. The lowest BCUT2D eigenvalue weighted by Crippen LogP contribution is -2.54. The van der Waals surface area contributed by atoms with Gasteiger partial charge >= 0.3 is 6.03 Å². The third kappa shape index (κ3) is 3.44. The number of hydrogen-bond acceptors (Lipinski definition) is 7. The Morgan fingerprint density at radius 2 is 1.70 bits per heavy atom. The molecule has 1 aliphatic rings. The SMILES string of the molecule is O=C1NC(=O)N(c2ccncc2)C(=O)/C1=C\c1ccc(-c2ccc([N+](=O)[O-])cc2)o1. The number of carbonyl (C=O) groups is 3. The largest absolute Gasteiger partial charge is 0.457 e. The Kier molecular flexibility index (Phi) is 4.64. The second-order valence-electron chi connectivity index (χ2n) is 6.17. The fraction of sp³-hybridized carbons (Fsp3) is 0. The molecule has 0 bridgehead atoms. The summed E-state index contributed by atoms with van der Waals surface area (Å²) in [5.74, 6) is -1.06. The number of amides is 4. The van der Waals surface area contributed by atoms with Gasteiger partial charge < -0.3 is 4.42 Å². The number of furan rings is 1. The average Bonchev–Trinajstić information content (AvgIpc) is 3.20. The number of urea groups is 1. The first-order chi connectivity index (χ1) is 14.4. The van der Waals surface area contributed by atoms with Crippen molar-refractivity contribution in [3.8, 4) is 11.3 Å². The number of anilines is 1. The smallest absolute Gasteiger partial charge is 0.335 e. The van der Waals surface area contributed by atoms with Crippen molar-refractivity contribution in [2.75, 3.05) is 4.90 Å². The van der Waals surface area contributed by atoms with Crippen molar-refractivity contribution in [3.05, 3.63) is 82.4 Å². The fourth-order valence-corrected chi connectivity index (χ4v) is 2.86. The molecule has 0 spiro atoms. The Hall–Kier alpha value is -4.60. The molecule has 30 heavy (non-hydrogen) atoms. The van der Waals surface area contributed by atoms with Crippen molar-refractivity contribution >= 4 is 35.3 Å². The van der Waals surface area contributed by atoms with Crippen LogP contribution in [0.25, 0.3) is 17.4 Å². The van der Waals surface area contributed by atoms with Gasteiger partial charge in [-0.05, 0) is 42.5 Å². The van der Waals surface area contributed by atoms with Gasteiger partial charge in [-0.2, -0.15) is 0 Å². The number of barbiturate groups is 1. The molecule has 148 valence electrons. The number of nitro benzene ring substituents is 1. The number of rotatable bonds is 4. The highest BCUT2D eigenvalue weighted by atomic mass is 16.6. The Balaban J connectivity index is 1.64. The van der Waals surface area contributed by atoms with Gasteiger partial charge in [0.2, 0.25) is 0 Å². The summed E-state index contributed by atoms with van der Waals surface area (Å²) in [6.45, 7) is 0. The second kappa shape index (κ2) is 7.43. The zero-order chi connectivity index (χ0) is 21.3. The van der Waals surface area contributed by atoms with E-state index in [0.717, 1.165) is 4.90 Å². The lowest BCUT2D eigenvalue weighted by Gasteiger charge is -2.25. The van der Waals surface area contributed by atoms with Crippen LogP contribution in [-0.4, -0.2) is 27.8 Å². The molecule has 1 aliphatic heterocycles. The fourth-order valence-electron chi connectivity index (χ4n) is 2.86. The zero-order valence-corrected chi connectivity index (χ0v) is 15.1. The number of pyridine rings is 1. The predicted octanol–water partition coefficient (Wildman–Crippen LogP) is 2.92. The molecule has 0 saturated carbocycles. The van der Waals surface area contributed by atoms with Crippen LogP contribution < -0.4 is 10.2 Å². The quantitative estimate of drug-likeness (QED) is 0.306. The van der Waals surface area contributed by atoms with Gasteiger partial charge in [0, 0.05) is 30.1 Å². The van der Waals surface area contributed by atoms with E-state index in [1.807, 2.05) is 0 Å². The van der Waals surface area contributed by atoms with Crippen LogP contribution in [0.4, 0.5) is 16.2 Å². The van der Waals surface area contributed by atoms with Gasteiger partial charge in [-0.25, -0.2) is 9.69 Å². The Morgan fingerprint density at radius 1 is 1.00 bits per heavy atom. The lowest BCUT2D eigenvalue weighted by atomic mass is 10.1. The molecule has 10 heteroatoms. The number of nitrogens with one attached hydrogen (secondary N) is 1. The Bertz CT molecular complexity index is 1200. The molecule has 1 saturated heterocycles. The van der Waals surface area contributed by atoms with E-state index in [2.05, 4.69) is 10.3 Å². The molecule has 0 unspecified atom stereocenters. The summed E-state index contributed by atoms with van der Waals surface area (Å²) in [6.07, 6.45) is 4.06. The first-order valence-electron chi connectivity index (χ1n) is 8.60. The van der Waals surface area contributed by atoms with Crippen molar-refractivity contribution in [1.29, 1.82) is 0 Å². The number of nitro groups is 1. The molecule has 1 fully saturated rings. The van der Waals surface area contributed by atoms with E-state index in [0.29, 0.717) is 11.3 Å². The molecule has 10 nitrogen and oxygen atoms in total. The first-order valence-corrected chi connectivity index (χ1v) is 8.60. The molecule has 1 aromatic carbocycles. The van der Waals surface area contributed by atoms with Crippen LogP contribution in [0.1, 0.15) is 5.76 Å². The molecule has 2 aromatic heterocycles. The lowest BCUT2D eigenvalue weighted by molar-refractivity contribution is -0.384. The van der Waals surface area contributed by atoms with Crippen molar-refractivity contribution in [2.24, 2.45) is 0 Å². The number of carbonyl (C=O) groups excluding carboxylic acids is 3. The van der Waals surface area contributed by atoms with Crippen LogP contribution in [-0.2, 0) is 9.59 Å². The van der Waals surface area contributed by atoms with Gasteiger partial charge in [-0.3, -0.25) is 30.0 Å². The third-order valence-corrected chi connectivity index (χ3v) is 4.30. The monoisotopic (exact) mass is 404 g/mol. The van der Waals surface area contributed by atoms with E-state index in [-0.39, 0.29) is 22.7 Å². The van der Waals surface area contributed by atoms with Crippen LogP contribution in [0.3, 0.4) is 0 Å². The van der Waals surface area contributed by atoms with Gasteiger partial charge in [-0.15, -0.1) is 0 Å². The van der Waals surface area contributed by atoms with E-state index in [1.165, 1.54) is 60.9 Å². The summed E-state index contributed by atoms with van der Waals surface area (Å²) in [4.78, 5) is 52.0. The molecular formula is C20H12N4O6. The van der Waals surface area contributed by atoms with Crippen LogP contribution >= 0.6 is 0 Å². The van der Waals surface area contributed by atoms with Crippen LogP contribution in [0.15, 0.2) is 70.9 Å². The summed E-state index contributed by atoms with van der Waals surface area (Å²) < 4.78 is 5.65. The molecule has 3 aromatic rings. The van der Waals surface area contributed by atoms with E-state index >= 15 is 0 Å². The number of aromatic nitrogens is 1. The topological polar surface area (TPSA) is 136 Å². The molecule has 1 N–H and O–H groups in total. The maximum Gasteiger partial charge on any atom is 0.335 e. The van der Waals surface area contributed by atoms with E-state index < -0.39 is 22.8 Å². The standard InChI is InChI=1S/C20H12N4O6/c25-18-16(19(26)23(20(27)22-18)13-7-9-21-10-8-13)11-15-5-6-17(30-15)12-1-3-14(4-2-12)24(28)29/h1-11H,(H,22,25,27)/b16-11-. The van der Waals surface area contributed by atoms with Crippen molar-refractivity contribution < 1.29 is 23.7 Å². The van der Waals surface area contributed by atoms with Crippen LogP contribution in [0.2, 0.25) is 0 Å². The van der Waals surface area contributed by atoms with E-state index in [1.54, 1.807) is 6.07 Å². The minimum absolute atomic E-state index is 0.0574. The Morgan fingerprint density at radius 3 is 2.37 bits per heavy atom. The number of hydrogen-bond donors (Lipinski definition) is 1. The van der Waals surface area contributed by atoms with E-state index in [9.17, 15) is 24.5 Å². The second-order valence-corrected chi connectivity index (χ2v) is 6.17. The van der Waals surface area contributed by atoms with Gasteiger partial charge in [0.1, 0.15) is 17.1 Å². The highest BCUT2D eigenvalue weighted by Crippen LogP contribution is 2.27. The van der Waals surface area contributed by atoms with Gasteiger partial charge in [0.25, 0.3) is 17.5 Å². The van der Waals surface area contributed by atoms with Crippen molar-refractivity contribution in [3.63, 3.8) is 0 Å². The summed E-state index contributed by atoms with van der Waals surface area (Å²) in [6, 6.07) is 10.9. The molecule has 0 radical (unpaired) electrons. The highest BCUT2D eigenvalue weighted by Gasteiger charge is 2.37. The maximum atomic E-state index is 12.8. The first kappa shape index (κ1) is 18.7. The van der Waals surface area contributed by atoms with Crippen LogP contribution in [0.5, 0.6) is 0 Å². The maximum absolute atomic E-state index is 12.8. The van der Waals surface area contributed by atoms with Crippen molar-refractivity contribution in [1.82, 2.24) is 10.3 Å². The molecule has 3 heterocycles. The summed E-state index contributed by atoms with van der Waals surface area (Å²) in [5.41, 5.74) is 0.504. The molecule has 4 rings (SSSR count). The zero-order valence-electron chi connectivity index (χ0n) is 15.1. The highest BCUT2D eigenvalue weighted by molar-refractivity contribution is 6.39. The molecule has 4 amide bonds. The van der Waals surface area contributed by atoms with Gasteiger partial charge in [0.15, 0.2) is 0 Å². The normalized spacial score (nSPS) is 15.4. The minimum atomic E-state index is -0.862. The minimum Gasteiger partial charge on any atom is -0.457 e. The summed E-state index contributed by atoms with van der Waals surface area (Å²) in [7, 11) is 0. The molecular weight excluding hydrogens is 392 g/mol. The summed E-state index contributed by atoms with van der Waals surface area (Å²) in [5, 5.41) is 12.9. The third-order valence-electron chi connectivity index (χ3n) is 4.30. The van der Waals surface area contributed by atoms with Crippen molar-refractivity contribution in [2.45, 2.75) is 0 Å². The van der Waals surface area contributed by atoms with E-state index in [4.69, 9.17) is 4.42 Å². The Labute approximate surface area is 168 Å². The summed E-state index contributed by atoms with van der Waals surface area (Å²) >= 11 is 0. The number of nitrogens with zero attached hydrogens (tertiary/aromatic N) is 3. The van der Waals surface area contributed by atoms with Gasteiger partial charge in [0.05, 0.1) is 10.6 Å². The number of imide groups is 2. The van der Waals surface area contributed by atoms with Gasteiger partial charge in [-0.1, -0.05) is 0 Å². The predicted molar refractivity (Wildman–Crippen MR) is 104 cm³/mol. The molecule has 0 atom stereocenters.